The summed E-state index contributed by atoms with van der Waals surface area (Å²) in [4.78, 5) is 24.5. The monoisotopic (exact) mass is 293 g/mol. The SMILES string of the molecule is CCO[C@@H]1C[C@H](C(=O)O)N(C(=O)OCc2ccccc2)C1. The van der Waals surface area contributed by atoms with Crippen LogP contribution >= 0.6 is 0 Å². The molecule has 1 N–H and O–H groups in total. The number of ether oxygens (including phenoxy) is 2. The molecule has 1 saturated heterocycles. The van der Waals surface area contributed by atoms with Crippen molar-refractivity contribution in [3.05, 3.63) is 35.9 Å². The number of hydrogen-bond donors (Lipinski definition) is 1. The minimum Gasteiger partial charge on any atom is -0.480 e. The average Bonchev–Trinajstić information content (AvgIpc) is 2.90. The summed E-state index contributed by atoms with van der Waals surface area (Å²) in [7, 11) is 0. The molecule has 0 spiro atoms. The van der Waals surface area contributed by atoms with Crippen LogP contribution in [-0.2, 0) is 20.9 Å². The lowest BCUT2D eigenvalue weighted by Crippen LogP contribution is -2.40. The van der Waals surface area contributed by atoms with Crippen molar-refractivity contribution in [1.82, 2.24) is 4.90 Å². The molecule has 0 radical (unpaired) electrons. The molecule has 0 bridgehead atoms. The topological polar surface area (TPSA) is 76.1 Å². The van der Waals surface area contributed by atoms with E-state index in [0.717, 1.165) is 5.56 Å². The number of carboxylic acid groups (broad SMARTS) is 1. The van der Waals surface area contributed by atoms with Crippen LogP contribution in [0.1, 0.15) is 18.9 Å². The first-order valence-electron chi connectivity index (χ1n) is 6.93. The molecule has 0 saturated carbocycles. The molecule has 114 valence electrons. The molecule has 0 unspecified atom stereocenters. The summed E-state index contributed by atoms with van der Waals surface area (Å²) in [5.41, 5.74) is 0.860. The van der Waals surface area contributed by atoms with Gasteiger partial charge >= 0.3 is 12.1 Å². The summed E-state index contributed by atoms with van der Waals surface area (Å²) in [6, 6.07) is 8.38. The molecular formula is C15H19NO5. The summed E-state index contributed by atoms with van der Waals surface area (Å²) in [5, 5.41) is 9.20. The third-order valence-corrected chi connectivity index (χ3v) is 3.39. The van der Waals surface area contributed by atoms with Crippen LogP contribution < -0.4 is 0 Å². The Balaban J connectivity index is 1.94. The minimum atomic E-state index is -1.03. The third-order valence-electron chi connectivity index (χ3n) is 3.39. The van der Waals surface area contributed by atoms with Gasteiger partial charge in [0.25, 0.3) is 0 Å². The molecule has 1 amide bonds. The number of carbonyl (C=O) groups is 2. The Kier molecular flexibility index (Phi) is 5.16. The van der Waals surface area contributed by atoms with Gasteiger partial charge < -0.3 is 14.6 Å². The van der Waals surface area contributed by atoms with E-state index in [1.807, 2.05) is 37.3 Å². The van der Waals surface area contributed by atoms with Gasteiger partial charge in [-0.2, -0.15) is 0 Å². The van der Waals surface area contributed by atoms with Crippen molar-refractivity contribution < 1.29 is 24.2 Å². The Morgan fingerprint density at radius 1 is 1.33 bits per heavy atom. The zero-order valence-electron chi connectivity index (χ0n) is 11.9. The zero-order chi connectivity index (χ0) is 15.2. The van der Waals surface area contributed by atoms with E-state index in [-0.39, 0.29) is 19.3 Å². The number of carbonyl (C=O) groups excluding carboxylic acids is 1. The molecule has 1 aromatic rings. The van der Waals surface area contributed by atoms with Crippen molar-refractivity contribution in [3.63, 3.8) is 0 Å². The maximum absolute atomic E-state index is 12.1. The van der Waals surface area contributed by atoms with Gasteiger partial charge in [0.15, 0.2) is 0 Å². The number of carboxylic acids is 1. The molecule has 21 heavy (non-hydrogen) atoms. The average molecular weight is 293 g/mol. The molecule has 1 fully saturated rings. The second-order valence-corrected chi connectivity index (χ2v) is 4.86. The van der Waals surface area contributed by atoms with Crippen LogP contribution in [0.2, 0.25) is 0 Å². The first-order valence-corrected chi connectivity index (χ1v) is 6.93. The molecule has 1 aliphatic rings. The third kappa shape index (κ3) is 3.95. The van der Waals surface area contributed by atoms with Crippen molar-refractivity contribution in [3.8, 4) is 0 Å². The smallest absolute Gasteiger partial charge is 0.410 e. The molecule has 0 aromatic heterocycles. The van der Waals surface area contributed by atoms with Crippen molar-refractivity contribution in [1.29, 1.82) is 0 Å². The highest BCUT2D eigenvalue weighted by atomic mass is 16.6. The molecule has 2 atom stereocenters. The Bertz CT molecular complexity index is 490. The van der Waals surface area contributed by atoms with Gasteiger partial charge in [0.1, 0.15) is 12.6 Å². The normalized spacial score (nSPS) is 21.3. The fourth-order valence-electron chi connectivity index (χ4n) is 2.39. The standard InChI is InChI=1S/C15H19NO5/c1-2-20-12-8-13(14(17)18)16(9-12)15(19)21-10-11-6-4-3-5-7-11/h3-7,12-13H,2,8-10H2,1H3,(H,17,18)/t12-,13-/m1/s1. The lowest BCUT2D eigenvalue weighted by Gasteiger charge is -2.20. The van der Waals surface area contributed by atoms with Gasteiger partial charge in [-0.3, -0.25) is 4.90 Å². The molecule has 1 heterocycles. The van der Waals surface area contributed by atoms with Crippen LogP contribution in [0, 0.1) is 0 Å². The van der Waals surface area contributed by atoms with E-state index in [1.54, 1.807) is 0 Å². The highest BCUT2D eigenvalue weighted by molar-refractivity contribution is 5.80. The van der Waals surface area contributed by atoms with E-state index < -0.39 is 18.1 Å². The van der Waals surface area contributed by atoms with Gasteiger partial charge in [-0.25, -0.2) is 9.59 Å². The highest BCUT2D eigenvalue weighted by Gasteiger charge is 2.40. The summed E-state index contributed by atoms with van der Waals surface area (Å²) in [6.45, 7) is 2.70. The number of amides is 1. The lowest BCUT2D eigenvalue weighted by atomic mass is 10.2. The maximum Gasteiger partial charge on any atom is 0.410 e. The number of benzene rings is 1. The number of nitrogens with zero attached hydrogens (tertiary/aromatic N) is 1. The maximum atomic E-state index is 12.1. The van der Waals surface area contributed by atoms with Crippen LogP contribution in [0.15, 0.2) is 30.3 Å². The molecule has 1 aliphatic heterocycles. The van der Waals surface area contributed by atoms with Crippen molar-refractivity contribution in [2.24, 2.45) is 0 Å². The van der Waals surface area contributed by atoms with Crippen LogP contribution in [0.5, 0.6) is 0 Å². The number of aliphatic carboxylic acids is 1. The largest absolute Gasteiger partial charge is 0.480 e. The van der Waals surface area contributed by atoms with E-state index in [0.29, 0.717) is 13.0 Å². The quantitative estimate of drug-likeness (QED) is 0.897. The van der Waals surface area contributed by atoms with Crippen molar-refractivity contribution >= 4 is 12.1 Å². The fraction of sp³-hybridized carbons (Fsp3) is 0.467. The first kappa shape index (κ1) is 15.3. The van der Waals surface area contributed by atoms with Crippen LogP contribution in [0.3, 0.4) is 0 Å². The van der Waals surface area contributed by atoms with Crippen molar-refractivity contribution in [2.45, 2.75) is 32.1 Å². The van der Waals surface area contributed by atoms with Gasteiger partial charge in [0.2, 0.25) is 0 Å². The van der Waals surface area contributed by atoms with Crippen LogP contribution in [0.25, 0.3) is 0 Å². The van der Waals surface area contributed by atoms with Crippen LogP contribution in [-0.4, -0.2) is 47.4 Å². The summed E-state index contributed by atoms with van der Waals surface area (Å²) in [6.07, 6.45) is -0.572. The molecule has 1 aromatic carbocycles. The van der Waals surface area contributed by atoms with Gasteiger partial charge in [-0.15, -0.1) is 0 Å². The lowest BCUT2D eigenvalue weighted by molar-refractivity contribution is -0.141. The van der Waals surface area contributed by atoms with Crippen LogP contribution in [0.4, 0.5) is 4.79 Å². The predicted molar refractivity (Wildman–Crippen MR) is 74.8 cm³/mol. The Morgan fingerprint density at radius 2 is 2.05 bits per heavy atom. The number of likely N-dealkylation sites (tertiary alicyclic amines) is 1. The van der Waals surface area contributed by atoms with Gasteiger partial charge in [-0.1, -0.05) is 30.3 Å². The van der Waals surface area contributed by atoms with E-state index in [9.17, 15) is 14.7 Å². The van der Waals surface area contributed by atoms with Gasteiger partial charge in [-0.05, 0) is 12.5 Å². The van der Waals surface area contributed by atoms with Crippen molar-refractivity contribution in [2.75, 3.05) is 13.2 Å². The molecule has 2 rings (SSSR count). The highest BCUT2D eigenvalue weighted by Crippen LogP contribution is 2.22. The molecular weight excluding hydrogens is 274 g/mol. The minimum absolute atomic E-state index is 0.127. The fourth-order valence-corrected chi connectivity index (χ4v) is 2.39. The second-order valence-electron chi connectivity index (χ2n) is 4.86. The number of rotatable bonds is 5. The van der Waals surface area contributed by atoms with E-state index in [2.05, 4.69) is 0 Å². The van der Waals surface area contributed by atoms with E-state index >= 15 is 0 Å². The summed E-state index contributed by atoms with van der Waals surface area (Å²) in [5.74, 6) is -1.03. The van der Waals surface area contributed by atoms with Gasteiger partial charge in [0.05, 0.1) is 12.6 Å². The second kappa shape index (κ2) is 7.08. The molecule has 6 nitrogen and oxygen atoms in total. The Morgan fingerprint density at radius 3 is 2.67 bits per heavy atom. The Labute approximate surface area is 123 Å². The summed E-state index contributed by atoms with van der Waals surface area (Å²) < 4.78 is 10.6. The zero-order valence-corrected chi connectivity index (χ0v) is 11.9. The predicted octanol–water partition coefficient (Wildman–Crippen LogP) is 1.89. The van der Waals surface area contributed by atoms with E-state index in [1.165, 1.54) is 4.90 Å². The number of hydrogen-bond acceptors (Lipinski definition) is 4. The molecule has 6 heteroatoms. The van der Waals surface area contributed by atoms with E-state index in [4.69, 9.17) is 9.47 Å². The summed E-state index contributed by atoms with van der Waals surface area (Å²) >= 11 is 0. The van der Waals surface area contributed by atoms with Gasteiger partial charge in [0, 0.05) is 13.0 Å². The molecule has 0 aliphatic carbocycles. The Hall–Kier alpha value is -2.08. The first-order chi connectivity index (χ1) is 10.1.